The third kappa shape index (κ3) is 4.49. The maximum atomic E-state index is 12.6. The number of aromatic nitrogens is 3. The lowest BCUT2D eigenvalue weighted by atomic mass is 9.96. The Morgan fingerprint density at radius 2 is 2.07 bits per heavy atom. The number of hydrogen-bond acceptors (Lipinski definition) is 6. The van der Waals surface area contributed by atoms with Gasteiger partial charge in [0.15, 0.2) is 0 Å². The van der Waals surface area contributed by atoms with Gasteiger partial charge in [0.25, 0.3) is 5.56 Å². The first kappa shape index (κ1) is 20.8. The Hall–Kier alpha value is -2.45. The molecule has 1 N–H and O–H groups in total. The van der Waals surface area contributed by atoms with Gasteiger partial charge in [-0.15, -0.1) is 5.10 Å². The summed E-state index contributed by atoms with van der Waals surface area (Å²) in [6, 6.07) is 9.09. The van der Waals surface area contributed by atoms with Crippen LogP contribution in [0.3, 0.4) is 0 Å². The molecule has 0 radical (unpaired) electrons. The van der Waals surface area contributed by atoms with Gasteiger partial charge in [-0.05, 0) is 30.9 Å². The van der Waals surface area contributed by atoms with E-state index in [0.29, 0.717) is 16.5 Å². The van der Waals surface area contributed by atoms with Gasteiger partial charge in [0.05, 0.1) is 0 Å². The number of amides is 1. The van der Waals surface area contributed by atoms with Crippen molar-refractivity contribution in [2.75, 3.05) is 18.0 Å². The Morgan fingerprint density at radius 3 is 2.80 bits per heavy atom. The van der Waals surface area contributed by atoms with Gasteiger partial charge in [0, 0.05) is 42.3 Å². The second-order valence-corrected chi connectivity index (χ2v) is 8.83. The second kappa shape index (κ2) is 9.14. The molecule has 1 aromatic carbocycles. The summed E-state index contributed by atoms with van der Waals surface area (Å²) in [7, 11) is 0. The van der Waals surface area contributed by atoms with Crippen LogP contribution in [-0.2, 0) is 17.8 Å². The fourth-order valence-corrected chi connectivity index (χ4v) is 4.84. The number of carbonyl (C=O) groups is 1. The third-order valence-corrected chi connectivity index (χ3v) is 6.68. The number of hydrogen-bond donors (Lipinski definition) is 1. The lowest BCUT2D eigenvalue weighted by molar-refractivity contribution is -0.125. The highest BCUT2D eigenvalue weighted by atomic mass is 35.5. The van der Waals surface area contributed by atoms with Crippen LogP contribution in [0.4, 0.5) is 5.13 Å². The van der Waals surface area contributed by atoms with Crippen molar-refractivity contribution in [3.8, 4) is 0 Å². The average molecular weight is 446 g/mol. The van der Waals surface area contributed by atoms with Crippen molar-refractivity contribution >= 4 is 38.9 Å². The number of rotatable bonds is 6. The van der Waals surface area contributed by atoms with E-state index >= 15 is 0 Å². The molecule has 1 amide bonds. The number of nitrogens with one attached hydrogen (secondary N) is 1. The van der Waals surface area contributed by atoms with Crippen LogP contribution in [0.1, 0.15) is 37.4 Å². The van der Waals surface area contributed by atoms with E-state index in [1.165, 1.54) is 15.9 Å². The number of nitrogens with zero attached hydrogens (tertiary/aromatic N) is 4. The molecular weight excluding hydrogens is 422 g/mol. The van der Waals surface area contributed by atoms with Crippen LogP contribution in [-0.4, -0.2) is 33.6 Å². The Bertz CT molecular complexity index is 1100. The highest BCUT2D eigenvalue weighted by Gasteiger charge is 2.27. The molecule has 3 aromatic rings. The van der Waals surface area contributed by atoms with Gasteiger partial charge in [-0.25, -0.2) is 4.98 Å². The highest BCUT2D eigenvalue weighted by Crippen LogP contribution is 2.27. The normalized spacial score (nSPS) is 14.9. The molecule has 0 unspecified atom stereocenters. The molecule has 30 heavy (non-hydrogen) atoms. The summed E-state index contributed by atoms with van der Waals surface area (Å²) in [5.74, 6) is 0.0242. The van der Waals surface area contributed by atoms with Crippen LogP contribution >= 0.6 is 22.9 Å². The summed E-state index contributed by atoms with van der Waals surface area (Å²) in [5, 5.41) is 8.91. The molecule has 0 saturated carbocycles. The van der Waals surface area contributed by atoms with Gasteiger partial charge in [-0.1, -0.05) is 54.5 Å². The van der Waals surface area contributed by atoms with E-state index in [-0.39, 0.29) is 17.4 Å². The number of piperidine rings is 1. The SMILES string of the molecule is CCCc1cc(=O)n2nc(N3CCC(C(=O)NCc4ccccc4Cl)CC3)sc2n1. The van der Waals surface area contributed by atoms with Crippen LogP contribution in [0.25, 0.3) is 4.96 Å². The van der Waals surface area contributed by atoms with Crippen LogP contribution in [0.2, 0.25) is 5.02 Å². The molecule has 4 rings (SSSR count). The molecule has 7 nitrogen and oxygen atoms in total. The molecule has 1 aliphatic heterocycles. The van der Waals surface area contributed by atoms with Gasteiger partial charge in [-0.2, -0.15) is 4.52 Å². The number of carbonyl (C=O) groups excluding carboxylic acids is 1. The predicted molar refractivity (Wildman–Crippen MR) is 119 cm³/mol. The monoisotopic (exact) mass is 445 g/mol. The molecule has 0 atom stereocenters. The van der Waals surface area contributed by atoms with E-state index in [1.807, 2.05) is 24.3 Å². The lowest BCUT2D eigenvalue weighted by Gasteiger charge is -2.30. The Labute approximate surface area is 183 Å². The fourth-order valence-electron chi connectivity index (χ4n) is 3.66. The zero-order valence-corrected chi connectivity index (χ0v) is 18.4. The van der Waals surface area contributed by atoms with E-state index in [0.717, 1.165) is 55.2 Å². The molecule has 1 saturated heterocycles. The van der Waals surface area contributed by atoms with Gasteiger partial charge in [0.1, 0.15) is 0 Å². The number of fused-ring (bicyclic) bond motifs is 1. The Morgan fingerprint density at radius 1 is 1.30 bits per heavy atom. The zero-order valence-electron chi connectivity index (χ0n) is 16.8. The van der Waals surface area contributed by atoms with Gasteiger partial charge in [-0.3, -0.25) is 9.59 Å². The van der Waals surface area contributed by atoms with Crippen molar-refractivity contribution in [2.45, 2.75) is 39.2 Å². The molecule has 158 valence electrons. The van der Waals surface area contributed by atoms with E-state index < -0.39 is 0 Å². The van der Waals surface area contributed by atoms with E-state index in [9.17, 15) is 9.59 Å². The topological polar surface area (TPSA) is 79.6 Å². The minimum absolute atomic E-state index is 0.0323. The summed E-state index contributed by atoms with van der Waals surface area (Å²) in [5.41, 5.74) is 1.59. The maximum absolute atomic E-state index is 12.6. The number of aryl methyl sites for hydroxylation is 1. The first-order chi connectivity index (χ1) is 14.5. The number of benzene rings is 1. The minimum atomic E-state index is -0.139. The first-order valence-corrected chi connectivity index (χ1v) is 11.4. The quantitative estimate of drug-likeness (QED) is 0.629. The molecule has 1 fully saturated rings. The Kier molecular flexibility index (Phi) is 6.34. The van der Waals surface area contributed by atoms with Crippen molar-refractivity contribution in [3.63, 3.8) is 0 Å². The average Bonchev–Trinajstić information content (AvgIpc) is 3.18. The van der Waals surface area contributed by atoms with Gasteiger partial charge < -0.3 is 10.2 Å². The fraction of sp³-hybridized carbons (Fsp3) is 0.429. The zero-order chi connectivity index (χ0) is 21.1. The van der Waals surface area contributed by atoms with Crippen LogP contribution < -0.4 is 15.8 Å². The van der Waals surface area contributed by atoms with Crippen molar-refractivity contribution in [1.82, 2.24) is 19.9 Å². The third-order valence-electron chi connectivity index (χ3n) is 5.34. The molecule has 0 spiro atoms. The molecule has 0 bridgehead atoms. The van der Waals surface area contributed by atoms with Gasteiger partial charge >= 0.3 is 0 Å². The van der Waals surface area contributed by atoms with Crippen LogP contribution in [0.15, 0.2) is 35.1 Å². The van der Waals surface area contributed by atoms with E-state index in [2.05, 4.69) is 27.2 Å². The van der Waals surface area contributed by atoms with E-state index in [4.69, 9.17) is 11.6 Å². The van der Waals surface area contributed by atoms with Crippen molar-refractivity contribution in [3.05, 3.63) is 57.0 Å². The lowest BCUT2D eigenvalue weighted by Crippen LogP contribution is -2.40. The predicted octanol–water partition coefficient (Wildman–Crippen LogP) is 3.29. The Balaban J connectivity index is 1.37. The van der Waals surface area contributed by atoms with Crippen molar-refractivity contribution in [1.29, 1.82) is 0 Å². The minimum Gasteiger partial charge on any atom is -0.352 e. The molecular formula is C21H24ClN5O2S. The summed E-state index contributed by atoms with van der Waals surface area (Å²) >= 11 is 7.59. The maximum Gasteiger partial charge on any atom is 0.275 e. The van der Waals surface area contributed by atoms with E-state index in [1.54, 1.807) is 6.07 Å². The largest absolute Gasteiger partial charge is 0.352 e. The number of anilines is 1. The van der Waals surface area contributed by atoms with Crippen LogP contribution in [0.5, 0.6) is 0 Å². The van der Waals surface area contributed by atoms with Crippen molar-refractivity contribution < 1.29 is 4.79 Å². The summed E-state index contributed by atoms with van der Waals surface area (Å²) < 4.78 is 1.38. The summed E-state index contributed by atoms with van der Waals surface area (Å²) in [4.78, 5) is 32.2. The molecule has 3 heterocycles. The summed E-state index contributed by atoms with van der Waals surface area (Å²) in [6.07, 6.45) is 3.22. The smallest absolute Gasteiger partial charge is 0.275 e. The molecule has 2 aromatic heterocycles. The molecule has 1 aliphatic rings. The molecule has 9 heteroatoms. The number of halogens is 1. The molecule has 0 aliphatic carbocycles. The van der Waals surface area contributed by atoms with Crippen molar-refractivity contribution in [2.24, 2.45) is 5.92 Å². The first-order valence-electron chi connectivity index (χ1n) is 10.2. The van der Waals surface area contributed by atoms with Crippen LogP contribution in [0, 0.1) is 5.92 Å². The second-order valence-electron chi connectivity index (χ2n) is 7.49. The standard InChI is InChI=1S/C21H24ClN5O2S/c1-2-5-16-12-18(28)27-20(24-16)30-21(25-27)26-10-8-14(9-11-26)19(29)23-13-15-6-3-4-7-17(15)22/h3-4,6-7,12,14H,2,5,8-11,13H2,1H3,(H,23,29). The summed E-state index contributed by atoms with van der Waals surface area (Å²) in [6.45, 7) is 3.95. The van der Waals surface area contributed by atoms with Gasteiger partial charge in [0.2, 0.25) is 16.0 Å². The highest BCUT2D eigenvalue weighted by molar-refractivity contribution is 7.20.